The van der Waals surface area contributed by atoms with E-state index in [-0.39, 0.29) is 0 Å². The van der Waals surface area contributed by atoms with Crippen molar-refractivity contribution >= 4 is 5.65 Å². The van der Waals surface area contributed by atoms with Gasteiger partial charge in [-0.2, -0.15) is 0 Å². The molecule has 1 fully saturated rings. The van der Waals surface area contributed by atoms with Gasteiger partial charge in [-0.05, 0) is 37.5 Å². The van der Waals surface area contributed by atoms with Gasteiger partial charge in [0.1, 0.15) is 5.65 Å². The summed E-state index contributed by atoms with van der Waals surface area (Å²) in [6.07, 6.45) is 5.97. The van der Waals surface area contributed by atoms with Crippen molar-refractivity contribution in [3.63, 3.8) is 0 Å². The summed E-state index contributed by atoms with van der Waals surface area (Å²) in [5, 5.41) is 0. The van der Waals surface area contributed by atoms with E-state index in [1.54, 1.807) is 0 Å². The standard InChI is InChI=1S/C13H17N3/c1-9-5-6-16-11(8-14)13(10-3-2-4-10)15-12(16)7-9/h5-7,10H,2-4,8,14H2,1H3. The van der Waals surface area contributed by atoms with Crippen LogP contribution in [0.15, 0.2) is 18.3 Å². The molecule has 1 aliphatic rings. The fourth-order valence-electron chi connectivity index (χ4n) is 2.43. The molecule has 0 bridgehead atoms. The van der Waals surface area contributed by atoms with E-state index in [0.29, 0.717) is 12.5 Å². The largest absolute Gasteiger partial charge is 0.325 e. The first-order chi connectivity index (χ1) is 7.79. The summed E-state index contributed by atoms with van der Waals surface area (Å²) < 4.78 is 2.14. The Bertz CT molecular complexity index is 523. The van der Waals surface area contributed by atoms with Crippen molar-refractivity contribution in [1.29, 1.82) is 0 Å². The minimum Gasteiger partial charge on any atom is -0.325 e. The van der Waals surface area contributed by atoms with Crippen LogP contribution in [-0.4, -0.2) is 9.38 Å². The van der Waals surface area contributed by atoms with Crippen molar-refractivity contribution in [3.05, 3.63) is 35.3 Å². The maximum atomic E-state index is 5.85. The fraction of sp³-hybridized carbons (Fsp3) is 0.462. The van der Waals surface area contributed by atoms with Crippen molar-refractivity contribution < 1.29 is 0 Å². The quantitative estimate of drug-likeness (QED) is 0.835. The Morgan fingerprint density at radius 2 is 2.31 bits per heavy atom. The van der Waals surface area contributed by atoms with Gasteiger partial charge < -0.3 is 10.1 Å². The first-order valence-corrected chi connectivity index (χ1v) is 5.97. The molecule has 2 heterocycles. The molecule has 84 valence electrons. The molecule has 0 aromatic carbocycles. The SMILES string of the molecule is Cc1ccn2c(CN)c(C3CCC3)nc2c1. The van der Waals surface area contributed by atoms with Crippen LogP contribution in [0.2, 0.25) is 0 Å². The molecule has 0 atom stereocenters. The minimum atomic E-state index is 0.579. The van der Waals surface area contributed by atoms with Crippen molar-refractivity contribution in [2.75, 3.05) is 0 Å². The summed E-state index contributed by atoms with van der Waals surface area (Å²) in [6, 6.07) is 4.24. The molecule has 0 spiro atoms. The lowest BCUT2D eigenvalue weighted by atomic mass is 9.82. The van der Waals surface area contributed by atoms with E-state index in [4.69, 9.17) is 10.7 Å². The van der Waals surface area contributed by atoms with Crippen LogP contribution in [-0.2, 0) is 6.54 Å². The molecule has 0 saturated heterocycles. The van der Waals surface area contributed by atoms with Gasteiger partial charge in [-0.15, -0.1) is 0 Å². The van der Waals surface area contributed by atoms with E-state index in [1.807, 2.05) is 0 Å². The summed E-state index contributed by atoms with van der Waals surface area (Å²) in [5.74, 6) is 0.652. The molecule has 16 heavy (non-hydrogen) atoms. The zero-order valence-electron chi connectivity index (χ0n) is 9.61. The highest BCUT2D eigenvalue weighted by Gasteiger charge is 2.25. The van der Waals surface area contributed by atoms with Crippen molar-refractivity contribution in [2.45, 2.75) is 38.6 Å². The summed E-state index contributed by atoms with van der Waals surface area (Å²) in [4.78, 5) is 4.75. The van der Waals surface area contributed by atoms with Gasteiger partial charge >= 0.3 is 0 Å². The number of nitrogens with two attached hydrogens (primary N) is 1. The topological polar surface area (TPSA) is 43.3 Å². The Kier molecular flexibility index (Phi) is 2.21. The van der Waals surface area contributed by atoms with Crippen LogP contribution in [0.4, 0.5) is 0 Å². The fourth-order valence-corrected chi connectivity index (χ4v) is 2.43. The third kappa shape index (κ3) is 1.35. The Hall–Kier alpha value is -1.35. The molecule has 3 nitrogen and oxygen atoms in total. The van der Waals surface area contributed by atoms with Gasteiger partial charge in [-0.3, -0.25) is 0 Å². The average molecular weight is 215 g/mol. The predicted octanol–water partition coefficient (Wildman–Crippen LogP) is 2.37. The highest BCUT2D eigenvalue weighted by molar-refractivity contribution is 5.46. The first kappa shape index (κ1) is 9.85. The highest BCUT2D eigenvalue weighted by Crippen LogP contribution is 2.37. The zero-order valence-corrected chi connectivity index (χ0v) is 9.61. The minimum absolute atomic E-state index is 0.579. The van der Waals surface area contributed by atoms with Gasteiger partial charge in [-0.1, -0.05) is 6.42 Å². The van der Waals surface area contributed by atoms with Crippen LogP contribution in [0.25, 0.3) is 5.65 Å². The molecular weight excluding hydrogens is 198 g/mol. The normalized spacial score (nSPS) is 16.6. The molecular formula is C13H17N3. The van der Waals surface area contributed by atoms with Crippen molar-refractivity contribution in [3.8, 4) is 0 Å². The van der Waals surface area contributed by atoms with Crippen LogP contribution in [0, 0.1) is 6.92 Å². The van der Waals surface area contributed by atoms with Crippen LogP contribution < -0.4 is 5.73 Å². The smallest absolute Gasteiger partial charge is 0.137 e. The van der Waals surface area contributed by atoms with Crippen LogP contribution >= 0.6 is 0 Å². The second-order valence-electron chi connectivity index (χ2n) is 4.71. The van der Waals surface area contributed by atoms with Gasteiger partial charge in [0.05, 0.1) is 11.4 Å². The third-order valence-corrected chi connectivity index (χ3v) is 3.60. The van der Waals surface area contributed by atoms with E-state index < -0.39 is 0 Å². The Morgan fingerprint density at radius 3 is 2.94 bits per heavy atom. The summed E-state index contributed by atoms with van der Waals surface area (Å²) in [7, 11) is 0. The maximum absolute atomic E-state index is 5.85. The number of pyridine rings is 1. The molecule has 2 aromatic heterocycles. The van der Waals surface area contributed by atoms with Gasteiger partial charge in [0.25, 0.3) is 0 Å². The Labute approximate surface area is 95.3 Å². The van der Waals surface area contributed by atoms with E-state index in [0.717, 1.165) is 5.65 Å². The number of hydrogen-bond donors (Lipinski definition) is 1. The van der Waals surface area contributed by atoms with Gasteiger partial charge in [0, 0.05) is 18.7 Å². The Morgan fingerprint density at radius 1 is 1.50 bits per heavy atom. The number of fused-ring (bicyclic) bond motifs is 1. The molecule has 1 saturated carbocycles. The van der Waals surface area contributed by atoms with Crippen LogP contribution in [0.1, 0.15) is 42.1 Å². The van der Waals surface area contributed by atoms with Crippen molar-refractivity contribution in [2.24, 2.45) is 5.73 Å². The number of nitrogens with zero attached hydrogens (tertiary/aromatic N) is 2. The molecule has 3 rings (SSSR count). The maximum Gasteiger partial charge on any atom is 0.137 e. The predicted molar refractivity (Wildman–Crippen MR) is 64.4 cm³/mol. The third-order valence-electron chi connectivity index (χ3n) is 3.60. The van der Waals surface area contributed by atoms with Crippen molar-refractivity contribution in [1.82, 2.24) is 9.38 Å². The van der Waals surface area contributed by atoms with Gasteiger partial charge in [0.15, 0.2) is 0 Å². The second kappa shape index (κ2) is 3.59. The molecule has 0 aliphatic heterocycles. The molecule has 1 aliphatic carbocycles. The highest BCUT2D eigenvalue weighted by atomic mass is 15.0. The van der Waals surface area contributed by atoms with E-state index in [1.165, 1.54) is 36.2 Å². The summed E-state index contributed by atoms with van der Waals surface area (Å²) in [5.41, 5.74) is 10.6. The van der Waals surface area contributed by atoms with Crippen LogP contribution in [0.5, 0.6) is 0 Å². The molecule has 2 N–H and O–H groups in total. The lowest BCUT2D eigenvalue weighted by Gasteiger charge is -2.24. The van der Waals surface area contributed by atoms with Crippen LogP contribution in [0.3, 0.4) is 0 Å². The molecule has 3 heteroatoms. The van der Waals surface area contributed by atoms with E-state index in [9.17, 15) is 0 Å². The zero-order chi connectivity index (χ0) is 11.1. The summed E-state index contributed by atoms with van der Waals surface area (Å²) >= 11 is 0. The number of aryl methyl sites for hydroxylation is 1. The first-order valence-electron chi connectivity index (χ1n) is 5.97. The average Bonchev–Trinajstić information content (AvgIpc) is 2.52. The molecule has 0 radical (unpaired) electrons. The van der Waals surface area contributed by atoms with Gasteiger partial charge in [-0.25, -0.2) is 4.98 Å². The monoisotopic (exact) mass is 215 g/mol. The summed E-state index contributed by atoms with van der Waals surface area (Å²) in [6.45, 7) is 2.68. The number of aromatic nitrogens is 2. The lowest BCUT2D eigenvalue weighted by Crippen LogP contribution is -2.13. The number of imidazole rings is 1. The lowest BCUT2D eigenvalue weighted by molar-refractivity contribution is 0.409. The molecule has 0 unspecified atom stereocenters. The number of rotatable bonds is 2. The molecule has 2 aromatic rings. The second-order valence-corrected chi connectivity index (χ2v) is 4.71. The van der Waals surface area contributed by atoms with E-state index in [2.05, 4.69) is 29.7 Å². The number of hydrogen-bond acceptors (Lipinski definition) is 2. The van der Waals surface area contributed by atoms with E-state index >= 15 is 0 Å². The van der Waals surface area contributed by atoms with Gasteiger partial charge in [0.2, 0.25) is 0 Å². The Balaban J connectivity index is 2.19. The molecule has 0 amide bonds.